The molecule has 0 radical (unpaired) electrons. The van der Waals surface area contributed by atoms with Crippen LogP contribution in [0, 0.1) is 0 Å². The largest absolute Gasteiger partial charge is 0.463 e. The molecule has 0 saturated heterocycles. The van der Waals surface area contributed by atoms with Crippen LogP contribution in [-0.4, -0.2) is 64.8 Å². The monoisotopic (exact) mass is 278 g/mol. The molecule has 7 nitrogen and oxygen atoms in total. The average Bonchev–Trinajstić information content (AvgIpc) is 2.33. The van der Waals surface area contributed by atoms with Gasteiger partial charge < -0.3 is 23.7 Å². The van der Waals surface area contributed by atoms with Crippen LogP contribution < -0.4 is 0 Å². The second-order valence-corrected chi connectivity index (χ2v) is 3.88. The maximum atomic E-state index is 11.1. The van der Waals surface area contributed by atoms with E-state index in [0.717, 1.165) is 0 Å². The van der Waals surface area contributed by atoms with Crippen LogP contribution in [0.4, 0.5) is 0 Å². The smallest absolute Gasteiger partial charge is 0.303 e. The molecule has 0 spiro atoms. The van der Waals surface area contributed by atoms with E-state index in [1.165, 1.54) is 35.2 Å². The SMILES string of the molecule is COCC(OC(C)=O)C(OC)C(COC(C)=O)OC. The molecule has 19 heavy (non-hydrogen) atoms. The Morgan fingerprint density at radius 2 is 1.53 bits per heavy atom. The van der Waals surface area contributed by atoms with Gasteiger partial charge in [-0.05, 0) is 0 Å². The standard InChI is InChI=1S/C12H22O7/c1-8(13)18-7-10(16-4)12(17-5)11(6-15-3)19-9(2)14/h10-12H,6-7H2,1-5H3. The average molecular weight is 278 g/mol. The van der Waals surface area contributed by atoms with Crippen molar-refractivity contribution in [2.75, 3.05) is 34.5 Å². The lowest BCUT2D eigenvalue weighted by molar-refractivity contribution is -0.175. The van der Waals surface area contributed by atoms with Gasteiger partial charge >= 0.3 is 11.9 Å². The zero-order valence-corrected chi connectivity index (χ0v) is 12.0. The van der Waals surface area contributed by atoms with Gasteiger partial charge in [0.1, 0.15) is 18.8 Å². The fraction of sp³-hybridized carbons (Fsp3) is 0.833. The van der Waals surface area contributed by atoms with Gasteiger partial charge in [0.15, 0.2) is 6.10 Å². The number of carbonyl (C=O) groups is 2. The first-order valence-electron chi connectivity index (χ1n) is 5.81. The second kappa shape index (κ2) is 9.71. The lowest BCUT2D eigenvalue weighted by Crippen LogP contribution is -2.47. The van der Waals surface area contributed by atoms with Crippen LogP contribution in [-0.2, 0) is 33.3 Å². The molecule has 0 aromatic rings. The minimum absolute atomic E-state index is 0.00577. The van der Waals surface area contributed by atoms with Crippen LogP contribution in [0.25, 0.3) is 0 Å². The molecule has 0 rings (SSSR count). The predicted molar refractivity (Wildman–Crippen MR) is 65.7 cm³/mol. The van der Waals surface area contributed by atoms with Crippen LogP contribution in [0.15, 0.2) is 0 Å². The van der Waals surface area contributed by atoms with Gasteiger partial charge in [-0.15, -0.1) is 0 Å². The van der Waals surface area contributed by atoms with Gasteiger partial charge in [0.2, 0.25) is 0 Å². The first kappa shape index (κ1) is 17.8. The maximum absolute atomic E-state index is 11.1. The number of ether oxygens (including phenoxy) is 5. The molecule has 0 aliphatic rings. The third-order valence-electron chi connectivity index (χ3n) is 2.41. The molecule has 0 aliphatic carbocycles. The number of methoxy groups -OCH3 is 3. The minimum atomic E-state index is -0.645. The van der Waals surface area contributed by atoms with Crippen molar-refractivity contribution in [1.82, 2.24) is 0 Å². The summed E-state index contributed by atoms with van der Waals surface area (Å²) in [6.45, 7) is 2.75. The Balaban J connectivity index is 4.75. The summed E-state index contributed by atoms with van der Waals surface area (Å²) in [4.78, 5) is 21.9. The Morgan fingerprint density at radius 1 is 0.895 bits per heavy atom. The molecule has 0 amide bonds. The number of carbonyl (C=O) groups excluding carboxylic acids is 2. The van der Waals surface area contributed by atoms with E-state index in [0.29, 0.717) is 0 Å². The summed E-state index contributed by atoms with van der Waals surface area (Å²) >= 11 is 0. The van der Waals surface area contributed by atoms with E-state index >= 15 is 0 Å². The highest BCUT2D eigenvalue weighted by Gasteiger charge is 2.33. The second-order valence-electron chi connectivity index (χ2n) is 3.88. The number of rotatable bonds is 9. The van der Waals surface area contributed by atoms with E-state index in [2.05, 4.69) is 0 Å². The molecule has 7 heteroatoms. The van der Waals surface area contributed by atoms with Crippen molar-refractivity contribution in [3.8, 4) is 0 Å². The third kappa shape index (κ3) is 7.09. The molecule has 0 fully saturated rings. The lowest BCUT2D eigenvalue weighted by Gasteiger charge is -2.30. The minimum Gasteiger partial charge on any atom is -0.463 e. The van der Waals surface area contributed by atoms with E-state index < -0.39 is 30.3 Å². The highest BCUT2D eigenvalue weighted by molar-refractivity contribution is 5.66. The van der Waals surface area contributed by atoms with Gasteiger partial charge in [-0.1, -0.05) is 0 Å². The number of hydrogen-bond acceptors (Lipinski definition) is 7. The van der Waals surface area contributed by atoms with Crippen molar-refractivity contribution in [2.24, 2.45) is 0 Å². The normalized spacial score (nSPS) is 15.4. The van der Waals surface area contributed by atoms with Crippen molar-refractivity contribution < 1.29 is 33.3 Å². The summed E-state index contributed by atoms with van der Waals surface area (Å²) < 4.78 is 25.5. The Hall–Kier alpha value is -1.18. The van der Waals surface area contributed by atoms with Gasteiger partial charge in [0, 0.05) is 35.2 Å². The highest BCUT2D eigenvalue weighted by atomic mass is 16.6. The Kier molecular flexibility index (Phi) is 9.11. The zero-order valence-electron chi connectivity index (χ0n) is 12.0. The van der Waals surface area contributed by atoms with Crippen molar-refractivity contribution in [2.45, 2.75) is 32.2 Å². The molecule has 0 heterocycles. The first-order chi connectivity index (χ1) is 8.96. The molecule has 0 aliphatic heterocycles. The summed E-state index contributed by atoms with van der Waals surface area (Å²) in [6, 6.07) is 0. The Morgan fingerprint density at radius 3 is 1.89 bits per heavy atom. The van der Waals surface area contributed by atoms with E-state index in [-0.39, 0.29) is 13.2 Å². The molecular formula is C12H22O7. The molecule has 3 atom stereocenters. The molecule has 0 aromatic heterocycles. The quantitative estimate of drug-likeness (QED) is 0.556. The van der Waals surface area contributed by atoms with Crippen molar-refractivity contribution in [1.29, 1.82) is 0 Å². The van der Waals surface area contributed by atoms with Gasteiger partial charge in [0.25, 0.3) is 0 Å². The summed E-state index contributed by atoms with van der Waals surface area (Å²) in [6.07, 6.45) is -1.81. The Bertz CT molecular complexity index is 279. The molecule has 0 N–H and O–H groups in total. The predicted octanol–water partition coefficient (Wildman–Crippen LogP) is 0.158. The van der Waals surface area contributed by atoms with Gasteiger partial charge in [-0.25, -0.2) is 0 Å². The lowest BCUT2D eigenvalue weighted by atomic mass is 10.1. The van der Waals surface area contributed by atoms with Crippen LogP contribution in [0.1, 0.15) is 13.8 Å². The van der Waals surface area contributed by atoms with E-state index in [4.69, 9.17) is 23.7 Å². The maximum Gasteiger partial charge on any atom is 0.303 e. The zero-order chi connectivity index (χ0) is 14.8. The summed E-state index contributed by atoms with van der Waals surface area (Å²) in [5.74, 6) is -0.876. The molecule has 0 saturated carbocycles. The summed E-state index contributed by atoms with van der Waals surface area (Å²) in [5, 5.41) is 0. The van der Waals surface area contributed by atoms with Gasteiger partial charge in [-0.3, -0.25) is 9.59 Å². The van der Waals surface area contributed by atoms with Crippen LogP contribution in [0.2, 0.25) is 0 Å². The molecule has 0 bridgehead atoms. The first-order valence-corrected chi connectivity index (χ1v) is 5.81. The molecular weight excluding hydrogens is 256 g/mol. The molecule has 3 unspecified atom stereocenters. The number of esters is 2. The topological polar surface area (TPSA) is 80.3 Å². The third-order valence-corrected chi connectivity index (χ3v) is 2.41. The highest BCUT2D eigenvalue weighted by Crippen LogP contribution is 2.13. The van der Waals surface area contributed by atoms with Crippen molar-refractivity contribution in [3.63, 3.8) is 0 Å². The Labute approximate surface area is 113 Å². The summed E-state index contributed by atoms with van der Waals surface area (Å²) in [5.41, 5.74) is 0. The van der Waals surface area contributed by atoms with E-state index in [9.17, 15) is 9.59 Å². The van der Waals surface area contributed by atoms with Gasteiger partial charge in [-0.2, -0.15) is 0 Å². The summed E-state index contributed by atoms with van der Waals surface area (Å²) in [7, 11) is 4.39. The van der Waals surface area contributed by atoms with E-state index in [1.807, 2.05) is 0 Å². The molecule has 112 valence electrons. The molecule has 0 aromatic carbocycles. The van der Waals surface area contributed by atoms with Crippen molar-refractivity contribution >= 4 is 11.9 Å². The van der Waals surface area contributed by atoms with Crippen LogP contribution in [0.5, 0.6) is 0 Å². The fourth-order valence-corrected chi connectivity index (χ4v) is 1.61. The van der Waals surface area contributed by atoms with Gasteiger partial charge in [0.05, 0.1) is 6.61 Å². The van der Waals surface area contributed by atoms with Crippen LogP contribution in [0.3, 0.4) is 0 Å². The number of hydrogen-bond donors (Lipinski definition) is 0. The van der Waals surface area contributed by atoms with E-state index in [1.54, 1.807) is 0 Å². The van der Waals surface area contributed by atoms with Crippen molar-refractivity contribution in [3.05, 3.63) is 0 Å². The fourth-order valence-electron chi connectivity index (χ4n) is 1.61. The van der Waals surface area contributed by atoms with Crippen LogP contribution >= 0.6 is 0 Å².